The molecule has 0 unspecified atom stereocenters. The Labute approximate surface area is 172 Å². The number of ether oxygens (including phenoxy) is 1. The molecule has 1 aromatic heterocycles. The number of hydrogen-bond donors (Lipinski definition) is 2. The maximum Gasteiger partial charge on any atom is 0.138 e. The normalized spacial score (nSPS) is 14.7. The minimum absolute atomic E-state index is 0.0444. The molecule has 0 amide bonds. The molecule has 4 heteroatoms. The van der Waals surface area contributed by atoms with Crippen LogP contribution in [0.5, 0.6) is 5.75 Å². The first-order valence-electron chi connectivity index (χ1n) is 10.3. The number of benzene rings is 2. The number of nitrogens with one attached hydrogen (secondary N) is 1. The number of aromatic nitrogens is 1. The summed E-state index contributed by atoms with van der Waals surface area (Å²) in [6, 6.07) is 18.5. The molecule has 0 bridgehead atoms. The first kappa shape index (κ1) is 19.6. The van der Waals surface area contributed by atoms with Gasteiger partial charge < -0.3 is 15.2 Å². The van der Waals surface area contributed by atoms with E-state index in [2.05, 4.69) is 42.6 Å². The quantitative estimate of drug-likeness (QED) is 0.648. The Kier molecular flexibility index (Phi) is 6.23. The van der Waals surface area contributed by atoms with Gasteiger partial charge in [0.05, 0.1) is 25.1 Å². The van der Waals surface area contributed by atoms with E-state index in [4.69, 9.17) is 9.72 Å². The second kappa shape index (κ2) is 9.21. The molecule has 2 heterocycles. The van der Waals surface area contributed by atoms with Gasteiger partial charge in [0.15, 0.2) is 0 Å². The fourth-order valence-electron chi connectivity index (χ4n) is 3.74. The first-order chi connectivity index (χ1) is 14.2. The Morgan fingerprint density at radius 1 is 1.00 bits per heavy atom. The molecule has 150 valence electrons. The Morgan fingerprint density at radius 2 is 1.69 bits per heavy atom. The molecule has 1 aliphatic heterocycles. The Hall–Kier alpha value is -2.69. The smallest absolute Gasteiger partial charge is 0.138 e. The molecule has 0 aliphatic carbocycles. The van der Waals surface area contributed by atoms with Gasteiger partial charge >= 0.3 is 0 Å². The van der Waals surface area contributed by atoms with Crippen molar-refractivity contribution in [1.29, 1.82) is 0 Å². The van der Waals surface area contributed by atoms with E-state index < -0.39 is 0 Å². The SMILES string of the molecule is Cc1ccc(-c2ncc(OCC3CCNCC3)cc2-c2ccc(CO)cc2)cc1. The van der Waals surface area contributed by atoms with Crippen LogP contribution in [0.15, 0.2) is 60.8 Å². The van der Waals surface area contributed by atoms with E-state index in [1.54, 1.807) is 0 Å². The van der Waals surface area contributed by atoms with Crippen LogP contribution in [0.4, 0.5) is 0 Å². The van der Waals surface area contributed by atoms with Crippen molar-refractivity contribution in [2.45, 2.75) is 26.4 Å². The fraction of sp³-hybridized carbons (Fsp3) is 0.320. The molecule has 2 N–H and O–H groups in total. The summed E-state index contributed by atoms with van der Waals surface area (Å²) in [7, 11) is 0. The molecule has 2 aromatic carbocycles. The summed E-state index contributed by atoms with van der Waals surface area (Å²) in [5.41, 5.74) is 6.26. The lowest BCUT2D eigenvalue weighted by atomic mass is 9.97. The van der Waals surface area contributed by atoms with Crippen LogP contribution in [0.2, 0.25) is 0 Å². The highest BCUT2D eigenvalue weighted by molar-refractivity contribution is 5.81. The number of rotatable bonds is 6. The summed E-state index contributed by atoms with van der Waals surface area (Å²) in [6.45, 7) is 5.00. The lowest BCUT2D eigenvalue weighted by Gasteiger charge is -2.22. The summed E-state index contributed by atoms with van der Waals surface area (Å²) in [5.74, 6) is 1.40. The average Bonchev–Trinajstić information content (AvgIpc) is 2.79. The minimum atomic E-state index is 0.0444. The van der Waals surface area contributed by atoms with Crippen molar-refractivity contribution in [2.24, 2.45) is 5.92 Å². The summed E-state index contributed by atoms with van der Waals surface area (Å²) in [5, 5.41) is 12.8. The molecule has 4 nitrogen and oxygen atoms in total. The predicted molar refractivity (Wildman–Crippen MR) is 117 cm³/mol. The molecule has 4 rings (SSSR count). The second-order valence-electron chi connectivity index (χ2n) is 7.79. The van der Waals surface area contributed by atoms with Crippen LogP contribution in [0.3, 0.4) is 0 Å². The Bertz CT molecular complexity index is 930. The highest BCUT2D eigenvalue weighted by Gasteiger charge is 2.15. The number of aliphatic hydroxyl groups is 1. The van der Waals surface area contributed by atoms with Gasteiger partial charge in [0.1, 0.15) is 5.75 Å². The maximum atomic E-state index is 9.36. The van der Waals surface area contributed by atoms with Gasteiger partial charge in [-0.1, -0.05) is 54.1 Å². The number of aliphatic hydroxyl groups excluding tert-OH is 1. The van der Waals surface area contributed by atoms with Crippen LogP contribution in [-0.2, 0) is 6.61 Å². The highest BCUT2D eigenvalue weighted by atomic mass is 16.5. The predicted octanol–water partition coefficient (Wildman–Crippen LogP) is 4.59. The van der Waals surface area contributed by atoms with E-state index in [1.807, 2.05) is 30.5 Å². The zero-order valence-corrected chi connectivity index (χ0v) is 16.9. The number of piperidine rings is 1. The van der Waals surface area contributed by atoms with E-state index in [9.17, 15) is 5.11 Å². The molecular formula is C25H28N2O2. The van der Waals surface area contributed by atoms with Crippen molar-refractivity contribution >= 4 is 0 Å². The Balaban J connectivity index is 1.65. The van der Waals surface area contributed by atoms with Crippen molar-refractivity contribution in [3.8, 4) is 28.1 Å². The van der Waals surface area contributed by atoms with Crippen molar-refractivity contribution in [3.63, 3.8) is 0 Å². The highest BCUT2D eigenvalue weighted by Crippen LogP contribution is 2.33. The molecule has 29 heavy (non-hydrogen) atoms. The number of aryl methyl sites for hydroxylation is 1. The molecule has 0 spiro atoms. The molecule has 1 fully saturated rings. The van der Waals surface area contributed by atoms with Gasteiger partial charge in [0.25, 0.3) is 0 Å². The molecule has 1 saturated heterocycles. The number of pyridine rings is 1. The van der Waals surface area contributed by atoms with Gasteiger partial charge in [-0.3, -0.25) is 4.98 Å². The van der Waals surface area contributed by atoms with Crippen LogP contribution < -0.4 is 10.1 Å². The van der Waals surface area contributed by atoms with Gasteiger partial charge in [-0.2, -0.15) is 0 Å². The number of hydrogen-bond acceptors (Lipinski definition) is 4. The van der Waals surface area contributed by atoms with Gasteiger partial charge in [0.2, 0.25) is 0 Å². The number of nitrogens with zero attached hydrogens (tertiary/aromatic N) is 1. The summed E-state index contributed by atoms with van der Waals surface area (Å²) in [6.07, 6.45) is 4.15. The molecule has 0 radical (unpaired) electrons. The molecule has 0 saturated carbocycles. The van der Waals surface area contributed by atoms with E-state index in [1.165, 1.54) is 5.56 Å². The topological polar surface area (TPSA) is 54.4 Å². The minimum Gasteiger partial charge on any atom is -0.492 e. The van der Waals surface area contributed by atoms with E-state index >= 15 is 0 Å². The average molecular weight is 389 g/mol. The zero-order chi connectivity index (χ0) is 20.1. The van der Waals surface area contributed by atoms with Crippen molar-refractivity contribution in [3.05, 3.63) is 71.9 Å². The van der Waals surface area contributed by atoms with Gasteiger partial charge in [-0.05, 0) is 56.0 Å². The zero-order valence-electron chi connectivity index (χ0n) is 16.9. The van der Waals surface area contributed by atoms with E-state index in [0.29, 0.717) is 5.92 Å². The largest absolute Gasteiger partial charge is 0.492 e. The molecule has 3 aromatic rings. The monoisotopic (exact) mass is 388 g/mol. The lowest BCUT2D eigenvalue weighted by Crippen LogP contribution is -2.30. The third-order valence-electron chi connectivity index (χ3n) is 5.58. The lowest BCUT2D eigenvalue weighted by molar-refractivity contribution is 0.215. The summed E-state index contributed by atoms with van der Waals surface area (Å²) < 4.78 is 6.13. The van der Waals surface area contributed by atoms with Crippen molar-refractivity contribution in [1.82, 2.24) is 10.3 Å². The molecule has 0 atom stereocenters. The third-order valence-corrected chi connectivity index (χ3v) is 5.58. The van der Waals surface area contributed by atoms with Crippen LogP contribution in [0, 0.1) is 12.8 Å². The standard InChI is InChI=1S/C25H28N2O2/c1-18-2-6-22(7-3-18)25-24(21-8-4-19(16-28)5-9-21)14-23(15-27-25)29-17-20-10-12-26-13-11-20/h2-9,14-15,20,26,28H,10-13,16-17H2,1H3. The van der Waals surface area contributed by atoms with Gasteiger partial charge in [0, 0.05) is 11.1 Å². The van der Waals surface area contributed by atoms with Crippen LogP contribution in [0.1, 0.15) is 24.0 Å². The van der Waals surface area contributed by atoms with Gasteiger partial charge in [-0.15, -0.1) is 0 Å². The Morgan fingerprint density at radius 3 is 2.38 bits per heavy atom. The third kappa shape index (κ3) is 4.84. The van der Waals surface area contributed by atoms with Crippen LogP contribution in [0.25, 0.3) is 22.4 Å². The van der Waals surface area contributed by atoms with E-state index in [0.717, 1.165) is 66.2 Å². The fourth-order valence-corrected chi connectivity index (χ4v) is 3.74. The van der Waals surface area contributed by atoms with Gasteiger partial charge in [-0.25, -0.2) is 0 Å². The summed E-state index contributed by atoms with van der Waals surface area (Å²) in [4.78, 5) is 4.77. The van der Waals surface area contributed by atoms with Crippen molar-refractivity contribution in [2.75, 3.05) is 19.7 Å². The second-order valence-corrected chi connectivity index (χ2v) is 7.79. The summed E-state index contributed by atoms with van der Waals surface area (Å²) >= 11 is 0. The first-order valence-corrected chi connectivity index (χ1v) is 10.3. The van der Waals surface area contributed by atoms with E-state index in [-0.39, 0.29) is 6.61 Å². The molecule has 1 aliphatic rings. The molecular weight excluding hydrogens is 360 g/mol. The maximum absolute atomic E-state index is 9.36. The van der Waals surface area contributed by atoms with Crippen LogP contribution in [-0.4, -0.2) is 29.8 Å². The van der Waals surface area contributed by atoms with Crippen molar-refractivity contribution < 1.29 is 9.84 Å². The van der Waals surface area contributed by atoms with Crippen LogP contribution >= 0.6 is 0 Å².